The quantitative estimate of drug-likeness (QED) is 0.399. The Bertz CT molecular complexity index is 711. The Hall–Kier alpha value is -1.57. The molecular weight excluding hydrogens is 410 g/mol. The van der Waals surface area contributed by atoms with Crippen LogP contribution in [0.25, 0.3) is 0 Å². The molecule has 0 heterocycles. The number of hydrogen-bond donors (Lipinski definition) is 1. The van der Waals surface area contributed by atoms with Gasteiger partial charge in [-0.05, 0) is 29.9 Å². The van der Waals surface area contributed by atoms with Crippen LogP contribution in [0.2, 0.25) is 0 Å². The summed E-state index contributed by atoms with van der Waals surface area (Å²) in [5, 5.41) is 2.48. The van der Waals surface area contributed by atoms with E-state index < -0.39 is 32.3 Å². The Kier molecular flexibility index (Phi) is 9.18. The first kappa shape index (κ1) is 25.5. The number of carbonyl (C=O) groups excluding carboxylic acids is 1. The van der Waals surface area contributed by atoms with Crippen LogP contribution in [0.5, 0.6) is 5.75 Å². The van der Waals surface area contributed by atoms with Gasteiger partial charge in [-0.3, -0.25) is 9.36 Å². The van der Waals surface area contributed by atoms with Crippen LogP contribution in [0, 0.1) is 0 Å². The highest BCUT2D eigenvalue weighted by molar-refractivity contribution is 7.57. The van der Waals surface area contributed by atoms with Crippen molar-refractivity contribution in [2.24, 2.45) is 0 Å². The van der Waals surface area contributed by atoms with E-state index in [-0.39, 0.29) is 18.2 Å². The second-order valence-electron chi connectivity index (χ2n) is 7.33. The molecule has 1 N–H and O–H groups in total. The fraction of sp³-hybridized carbons (Fsp3) is 0.632. The van der Waals surface area contributed by atoms with E-state index in [1.165, 1.54) is 14.0 Å². The third kappa shape index (κ3) is 7.99. The van der Waals surface area contributed by atoms with Crippen molar-refractivity contribution in [3.63, 3.8) is 0 Å². The first-order valence-corrected chi connectivity index (χ1v) is 11.0. The number of benzene rings is 1. The number of esters is 1. The van der Waals surface area contributed by atoms with Gasteiger partial charge in [-0.15, -0.1) is 0 Å². The maximum absolute atomic E-state index is 13.4. The molecule has 0 radical (unpaired) electrons. The summed E-state index contributed by atoms with van der Waals surface area (Å²) in [6, 6.07) is 4.28. The second kappa shape index (κ2) is 10.5. The van der Waals surface area contributed by atoms with Gasteiger partial charge >= 0.3 is 19.7 Å². The number of hydrogen-bond acceptors (Lipinski definition) is 5. The molecule has 0 aromatic heterocycles. The molecule has 10 heteroatoms. The molecule has 0 amide bonds. The third-order valence-electron chi connectivity index (χ3n) is 3.98. The van der Waals surface area contributed by atoms with Crippen LogP contribution in [0.3, 0.4) is 0 Å². The largest absolute Gasteiger partial charge is 0.455 e. The highest BCUT2D eigenvalue weighted by Gasteiger charge is 2.35. The maximum atomic E-state index is 13.4. The van der Waals surface area contributed by atoms with Gasteiger partial charge in [-0.2, -0.15) is 13.2 Å². The third-order valence-corrected chi connectivity index (χ3v) is 5.84. The van der Waals surface area contributed by atoms with Gasteiger partial charge in [0.2, 0.25) is 0 Å². The van der Waals surface area contributed by atoms with E-state index >= 15 is 0 Å². The fourth-order valence-electron chi connectivity index (χ4n) is 2.62. The summed E-state index contributed by atoms with van der Waals surface area (Å²) in [7, 11) is -2.50. The first-order chi connectivity index (χ1) is 13.3. The smallest absolute Gasteiger partial charge is 0.422 e. The minimum Gasteiger partial charge on any atom is -0.455 e. The molecule has 1 aromatic carbocycles. The number of ether oxygens (including phenoxy) is 2. The number of methoxy groups -OCH3 is 1. The van der Waals surface area contributed by atoms with E-state index in [1.807, 2.05) is 45.9 Å². The van der Waals surface area contributed by atoms with Crippen LogP contribution >= 0.6 is 7.52 Å². The molecule has 29 heavy (non-hydrogen) atoms. The maximum Gasteiger partial charge on any atom is 0.422 e. The minimum absolute atomic E-state index is 0.0638. The predicted molar refractivity (Wildman–Crippen MR) is 104 cm³/mol. The number of nitrogens with one attached hydrogen (secondary N) is 1. The van der Waals surface area contributed by atoms with Gasteiger partial charge in [-0.25, -0.2) is 5.09 Å². The van der Waals surface area contributed by atoms with Gasteiger partial charge in [-0.1, -0.05) is 45.9 Å². The van der Waals surface area contributed by atoms with Crippen molar-refractivity contribution in [1.29, 1.82) is 0 Å². The zero-order valence-electron chi connectivity index (χ0n) is 17.5. The van der Waals surface area contributed by atoms with Crippen molar-refractivity contribution in [3.05, 3.63) is 29.3 Å². The van der Waals surface area contributed by atoms with Crippen LogP contribution in [-0.4, -0.2) is 38.3 Å². The second-order valence-corrected chi connectivity index (χ2v) is 9.38. The Balaban J connectivity index is 3.14. The average Bonchev–Trinajstić information content (AvgIpc) is 2.58. The molecule has 0 fully saturated rings. The summed E-state index contributed by atoms with van der Waals surface area (Å²) in [6.45, 7) is 7.36. The molecule has 0 saturated carbocycles. The van der Waals surface area contributed by atoms with E-state index in [0.717, 1.165) is 11.1 Å². The normalized spacial score (nSPS) is 15.3. The van der Waals surface area contributed by atoms with Crippen LogP contribution in [0.4, 0.5) is 13.2 Å². The Morgan fingerprint density at radius 1 is 1.10 bits per heavy atom. The average molecular weight is 439 g/mol. The Morgan fingerprint density at radius 3 is 2.03 bits per heavy atom. The number of carbonyl (C=O) groups is 1. The summed E-state index contributed by atoms with van der Waals surface area (Å²) in [4.78, 5) is 11.9. The van der Waals surface area contributed by atoms with E-state index in [2.05, 4.69) is 9.82 Å². The van der Waals surface area contributed by atoms with Gasteiger partial charge in [0.1, 0.15) is 18.1 Å². The molecule has 0 saturated heterocycles. The first-order valence-electron chi connectivity index (χ1n) is 9.21. The SMILES string of the molecule is COCP(=O)(N[C@@H](C)C(=O)OCC(F)(F)F)Oc1c(C(C)C)cccc1C(C)C. The number of halogens is 3. The van der Waals surface area contributed by atoms with Gasteiger partial charge in [0, 0.05) is 7.11 Å². The monoisotopic (exact) mass is 439 g/mol. The standard InChI is InChI=1S/C19H29F3NO5P/c1-12(2)15-8-7-9-16(13(3)4)17(15)28-29(25,11-26-6)23-14(5)18(24)27-10-19(20,21)22/h7-9,12-14H,10-11H2,1-6H3,(H,23,25)/t14-,29?/m0/s1. The molecule has 0 bridgehead atoms. The summed E-state index contributed by atoms with van der Waals surface area (Å²) < 4.78 is 65.3. The molecule has 166 valence electrons. The number of para-hydroxylation sites is 1. The summed E-state index contributed by atoms with van der Waals surface area (Å²) in [5.74, 6) is -0.646. The lowest BCUT2D eigenvalue weighted by molar-refractivity contribution is -0.187. The summed E-state index contributed by atoms with van der Waals surface area (Å²) >= 11 is 0. The number of alkyl halides is 3. The van der Waals surface area contributed by atoms with Gasteiger partial charge in [0.25, 0.3) is 0 Å². The van der Waals surface area contributed by atoms with E-state index in [9.17, 15) is 22.5 Å². The molecule has 0 aliphatic carbocycles. The van der Waals surface area contributed by atoms with Crippen LogP contribution in [0.15, 0.2) is 18.2 Å². The topological polar surface area (TPSA) is 73.9 Å². The zero-order valence-corrected chi connectivity index (χ0v) is 18.4. The van der Waals surface area contributed by atoms with Crippen molar-refractivity contribution < 1.29 is 36.5 Å². The highest BCUT2D eigenvalue weighted by Crippen LogP contribution is 2.48. The van der Waals surface area contributed by atoms with Gasteiger partial charge in [0.05, 0.1) is 0 Å². The highest BCUT2D eigenvalue weighted by atomic mass is 31.2. The van der Waals surface area contributed by atoms with Gasteiger partial charge in [0.15, 0.2) is 6.61 Å². The van der Waals surface area contributed by atoms with Crippen molar-refractivity contribution >= 4 is 13.5 Å². The lowest BCUT2D eigenvalue weighted by Crippen LogP contribution is -2.37. The van der Waals surface area contributed by atoms with E-state index in [0.29, 0.717) is 5.75 Å². The molecule has 6 nitrogen and oxygen atoms in total. The van der Waals surface area contributed by atoms with E-state index in [4.69, 9.17) is 9.26 Å². The fourth-order valence-corrected chi connectivity index (χ4v) is 4.34. The van der Waals surface area contributed by atoms with E-state index in [1.54, 1.807) is 0 Å². The van der Waals surface area contributed by atoms with Gasteiger partial charge < -0.3 is 14.0 Å². The minimum atomic E-state index is -4.65. The molecule has 0 aliphatic rings. The molecule has 0 aliphatic heterocycles. The van der Waals surface area contributed by atoms with Crippen molar-refractivity contribution in [3.8, 4) is 5.75 Å². The molecule has 1 aromatic rings. The van der Waals surface area contributed by atoms with Crippen molar-refractivity contribution in [1.82, 2.24) is 5.09 Å². The summed E-state index contributed by atoms with van der Waals surface area (Å²) in [5.41, 5.74) is 1.64. The molecular formula is C19H29F3NO5P. The lowest BCUT2D eigenvalue weighted by atomic mass is 9.94. The summed E-state index contributed by atoms with van der Waals surface area (Å²) in [6.07, 6.45) is -5.03. The van der Waals surface area contributed by atoms with Crippen LogP contribution in [0.1, 0.15) is 57.6 Å². The molecule has 1 unspecified atom stereocenters. The Labute approximate surface area is 169 Å². The zero-order chi connectivity index (χ0) is 22.4. The van der Waals surface area contributed by atoms with Crippen LogP contribution < -0.4 is 9.61 Å². The predicted octanol–water partition coefficient (Wildman–Crippen LogP) is 5.19. The molecule has 1 rings (SSSR count). The van der Waals surface area contributed by atoms with Crippen LogP contribution in [-0.2, 0) is 18.8 Å². The van der Waals surface area contributed by atoms with Crippen molar-refractivity contribution in [2.75, 3.05) is 20.1 Å². The molecule has 0 spiro atoms. The lowest BCUT2D eigenvalue weighted by Gasteiger charge is -2.27. The Morgan fingerprint density at radius 2 is 1.62 bits per heavy atom. The van der Waals surface area contributed by atoms with Crippen molar-refractivity contribution in [2.45, 2.75) is 58.7 Å². The number of rotatable bonds is 10. The molecule has 2 atom stereocenters.